The second kappa shape index (κ2) is 7.05. The predicted octanol–water partition coefficient (Wildman–Crippen LogP) is 2.65. The summed E-state index contributed by atoms with van der Waals surface area (Å²) in [4.78, 5) is 24.7. The third-order valence-corrected chi connectivity index (χ3v) is 4.05. The van der Waals surface area contributed by atoms with Gasteiger partial charge in [0.2, 0.25) is 5.91 Å². The molecule has 2 aromatic heterocycles. The summed E-state index contributed by atoms with van der Waals surface area (Å²) in [6, 6.07) is 10.6. The average Bonchev–Trinajstić information content (AvgIpc) is 3.24. The Labute approximate surface area is 140 Å². The van der Waals surface area contributed by atoms with Crippen LogP contribution in [0.5, 0.6) is 0 Å². The maximum atomic E-state index is 12.8. The van der Waals surface area contributed by atoms with Crippen LogP contribution in [0.1, 0.15) is 10.4 Å². The van der Waals surface area contributed by atoms with Gasteiger partial charge in [0.1, 0.15) is 5.82 Å². The Balaban J connectivity index is 1.52. The number of aromatic nitrogens is 2. The molecule has 2 heterocycles. The number of hydrogen-bond donors (Lipinski definition) is 3. The van der Waals surface area contributed by atoms with E-state index < -0.39 is 17.6 Å². The number of nitrogens with one attached hydrogen (secondary N) is 3. The Hall–Kier alpha value is -3.00. The van der Waals surface area contributed by atoms with Crippen molar-refractivity contribution in [2.24, 2.45) is 0 Å². The third kappa shape index (κ3) is 3.85. The molecule has 0 spiro atoms. The fraction of sp³-hybridized carbons (Fsp3) is 0.0625. The second-order valence-electron chi connectivity index (χ2n) is 4.88. The smallest absolute Gasteiger partial charge is 0.251 e. The van der Waals surface area contributed by atoms with E-state index in [2.05, 4.69) is 20.8 Å². The van der Waals surface area contributed by atoms with Crippen molar-refractivity contribution in [1.29, 1.82) is 0 Å². The van der Waals surface area contributed by atoms with E-state index in [1.165, 1.54) is 24.3 Å². The first-order valence-electron chi connectivity index (χ1n) is 7.05. The summed E-state index contributed by atoms with van der Waals surface area (Å²) in [5.74, 6) is -0.912. The van der Waals surface area contributed by atoms with Gasteiger partial charge in [-0.2, -0.15) is 5.10 Å². The maximum Gasteiger partial charge on any atom is 0.251 e. The second-order valence-corrected chi connectivity index (χ2v) is 5.83. The third-order valence-electron chi connectivity index (χ3n) is 3.15. The number of halogens is 1. The summed E-state index contributed by atoms with van der Waals surface area (Å²) in [6.45, 7) is -0.211. The Morgan fingerprint density at radius 1 is 1.21 bits per heavy atom. The van der Waals surface area contributed by atoms with E-state index in [1.807, 2.05) is 17.5 Å². The topological polar surface area (TPSA) is 86.9 Å². The summed E-state index contributed by atoms with van der Waals surface area (Å²) in [5.41, 5.74) is 1.08. The van der Waals surface area contributed by atoms with Gasteiger partial charge in [-0.25, -0.2) is 4.39 Å². The van der Waals surface area contributed by atoms with Gasteiger partial charge < -0.3 is 10.6 Å². The quantitative estimate of drug-likeness (QED) is 0.665. The standard InChI is InChI=1S/C16H13FN4O2S/c17-11-5-3-10(4-6-11)16(23)18-9-15(22)19-14-8-12(20-21-14)13-2-1-7-24-13/h1-8H,9H2,(H,18,23)(H2,19,20,21,22). The van der Waals surface area contributed by atoms with Crippen molar-refractivity contribution in [3.63, 3.8) is 0 Å². The number of rotatable bonds is 5. The molecule has 3 N–H and O–H groups in total. The molecule has 0 radical (unpaired) electrons. The number of hydrogen-bond acceptors (Lipinski definition) is 4. The zero-order valence-electron chi connectivity index (χ0n) is 12.4. The molecule has 6 nitrogen and oxygen atoms in total. The monoisotopic (exact) mass is 344 g/mol. The molecule has 122 valence electrons. The highest BCUT2D eigenvalue weighted by atomic mass is 32.1. The summed E-state index contributed by atoms with van der Waals surface area (Å²) < 4.78 is 12.8. The minimum Gasteiger partial charge on any atom is -0.343 e. The lowest BCUT2D eigenvalue weighted by Gasteiger charge is -2.05. The highest BCUT2D eigenvalue weighted by Crippen LogP contribution is 2.24. The number of benzene rings is 1. The summed E-state index contributed by atoms with van der Waals surface area (Å²) in [5, 5.41) is 13.8. The van der Waals surface area contributed by atoms with Crippen LogP contribution in [0, 0.1) is 5.82 Å². The van der Waals surface area contributed by atoms with Crippen molar-refractivity contribution in [3.8, 4) is 10.6 Å². The van der Waals surface area contributed by atoms with E-state index in [9.17, 15) is 14.0 Å². The lowest BCUT2D eigenvalue weighted by molar-refractivity contribution is -0.115. The minimum absolute atomic E-state index is 0.211. The summed E-state index contributed by atoms with van der Waals surface area (Å²) in [6.07, 6.45) is 0. The number of carbonyl (C=O) groups is 2. The van der Waals surface area contributed by atoms with Crippen LogP contribution in [0.2, 0.25) is 0 Å². The normalized spacial score (nSPS) is 10.4. The molecule has 0 unspecified atom stereocenters. The van der Waals surface area contributed by atoms with Gasteiger partial charge in [-0.3, -0.25) is 14.7 Å². The van der Waals surface area contributed by atoms with Gasteiger partial charge in [0, 0.05) is 11.6 Å². The molecular weight excluding hydrogens is 331 g/mol. The van der Waals surface area contributed by atoms with Crippen LogP contribution >= 0.6 is 11.3 Å². The molecule has 8 heteroatoms. The minimum atomic E-state index is -0.452. The summed E-state index contributed by atoms with van der Waals surface area (Å²) >= 11 is 1.55. The number of nitrogens with zero attached hydrogens (tertiary/aromatic N) is 1. The van der Waals surface area contributed by atoms with Gasteiger partial charge in [0.15, 0.2) is 5.82 Å². The number of anilines is 1. The molecule has 0 aliphatic rings. The summed E-state index contributed by atoms with van der Waals surface area (Å²) in [7, 11) is 0. The van der Waals surface area contributed by atoms with Crippen molar-refractivity contribution in [2.45, 2.75) is 0 Å². The number of aromatic amines is 1. The van der Waals surface area contributed by atoms with E-state index in [0.29, 0.717) is 5.82 Å². The van der Waals surface area contributed by atoms with Crippen LogP contribution < -0.4 is 10.6 Å². The van der Waals surface area contributed by atoms with E-state index in [-0.39, 0.29) is 12.1 Å². The Morgan fingerprint density at radius 3 is 2.71 bits per heavy atom. The zero-order valence-corrected chi connectivity index (χ0v) is 13.2. The number of amides is 2. The molecule has 1 aromatic carbocycles. The lowest BCUT2D eigenvalue weighted by atomic mass is 10.2. The number of thiophene rings is 1. The first-order chi connectivity index (χ1) is 11.6. The van der Waals surface area contributed by atoms with E-state index in [4.69, 9.17) is 0 Å². The fourth-order valence-corrected chi connectivity index (χ4v) is 2.69. The van der Waals surface area contributed by atoms with Gasteiger partial charge in [0.05, 0.1) is 17.1 Å². The van der Waals surface area contributed by atoms with Gasteiger partial charge in [-0.1, -0.05) is 6.07 Å². The van der Waals surface area contributed by atoms with Gasteiger partial charge >= 0.3 is 0 Å². The molecule has 0 aliphatic carbocycles. The van der Waals surface area contributed by atoms with Crippen LogP contribution in [0.25, 0.3) is 10.6 Å². The molecule has 24 heavy (non-hydrogen) atoms. The highest BCUT2D eigenvalue weighted by Gasteiger charge is 2.10. The van der Waals surface area contributed by atoms with E-state index >= 15 is 0 Å². The Morgan fingerprint density at radius 2 is 2.00 bits per heavy atom. The van der Waals surface area contributed by atoms with Crippen LogP contribution in [-0.4, -0.2) is 28.6 Å². The van der Waals surface area contributed by atoms with Crippen LogP contribution in [0.3, 0.4) is 0 Å². The lowest BCUT2D eigenvalue weighted by Crippen LogP contribution is -2.32. The fourth-order valence-electron chi connectivity index (χ4n) is 1.99. The van der Waals surface area contributed by atoms with Crippen LogP contribution in [0.15, 0.2) is 47.8 Å². The average molecular weight is 344 g/mol. The van der Waals surface area contributed by atoms with Crippen molar-refractivity contribution < 1.29 is 14.0 Å². The van der Waals surface area contributed by atoms with Gasteiger partial charge in [-0.05, 0) is 35.7 Å². The van der Waals surface area contributed by atoms with E-state index in [1.54, 1.807) is 17.4 Å². The first-order valence-corrected chi connectivity index (χ1v) is 7.93. The van der Waals surface area contributed by atoms with Crippen molar-refractivity contribution >= 4 is 29.0 Å². The largest absolute Gasteiger partial charge is 0.343 e. The Kier molecular flexibility index (Phi) is 4.66. The number of H-pyrrole nitrogens is 1. The van der Waals surface area contributed by atoms with Crippen molar-refractivity contribution in [1.82, 2.24) is 15.5 Å². The maximum absolute atomic E-state index is 12.8. The molecule has 0 bridgehead atoms. The van der Waals surface area contributed by atoms with E-state index in [0.717, 1.165) is 10.6 Å². The molecule has 2 amide bonds. The van der Waals surface area contributed by atoms with Gasteiger partial charge in [-0.15, -0.1) is 11.3 Å². The molecule has 0 fully saturated rings. The number of carbonyl (C=O) groups excluding carboxylic acids is 2. The molecule has 3 aromatic rings. The SMILES string of the molecule is O=C(CNC(=O)c1ccc(F)cc1)Nc1cc(-c2cccs2)[nH]n1. The first kappa shape index (κ1) is 15.9. The van der Waals surface area contributed by atoms with Crippen LogP contribution in [-0.2, 0) is 4.79 Å². The predicted molar refractivity (Wildman–Crippen MR) is 89.3 cm³/mol. The molecule has 0 atom stereocenters. The molecule has 3 rings (SSSR count). The van der Waals surface area contributed by atoms with Crippen molar-refractivity contribution in [2.75, 3.05) is 11.9 Å². The molecule has 0 saturated carbocycles. The molecular formula is C16H13FN4O2S. The zero-order chi connectivity index (χ0) is 16.9. The Bertz CT molecular complexity index is 843. The van der Waals surface area contributed by atoms with Crippen LogP contribution in [0.4, 0.5) is 10.2 Å². The van der Waals surface area contributed by atoms with Crippen molar-refractivity contribution in [3.05, 3.63) is 59.2 Å². The molecule has 0 aliphatic heterocycles. The van der Waals surface area contributed by atoms with Gasteiger partial charge in [0.25, 0.3) is 5.91 Å². The highest BCUT2D eigenvalue weighted by molar-refractivity contribution is 7.13. The molecule has 0 saturated heterocycles.